The second kappa shape index (κ2) is 5.73. The smallest absolute Gasteiger partial charge is 0.0764 e. The second-order valence-electron chi connectivity index (χ2n) is 7.41. The van der Waals surface area contributed by atoms with Crippen molar-refractivity contribution in [3.63, 3.8) is 0 Å². The molecule has 0 aromatic carbocycles. The summed E-state index contributed by atoms with van der Waals surface area (Å²) in [5.74, 6) is 1.60. The fraction of sp³-hybridized carbons (Fsp3) is 0.824. The zero-order chi connectivity index (χ0) is 15.0. The third-order valence-electron chi connectivity index (χ3n) is 5.63. The Bertz CT molecular complexity index is 479. The van der Waals surface area contributed by atoms with Gasteiger partial charge in [0.15, 0.2) is 0 Å². The molecule has 1 aliphatic heterocycles. The van der Waals surface area contributed by atoms with Crippen molar-refractivity contribution in [2.24, 2.45) is 18.9 Å². The molecule has 1 N–H and O–H groups in total. The van der Waals surface area contributed by atoms with Crippen molar-refractivity contribution >= 4 is 0 Å². The molecule has 118 valence electrons. The van der Waals surface area contributed by atoms with Crippen molar-refractivity contribution in [1.29, 1.82) is 0 Å². The molecule has 0 bridgehead atoms. The number of nitrogens with one attached hydrogen (secondary N) is 1. The summed E-state index contributed by atoms with van der Waals surface area (Å²) in [6.45, 7) is 10.4. The lowest BCUT2D eigenvalue weighted by molar-refractivity contribution is 0.0403. The van der Waals surface area contributed by atoms with E-state index >= 15 is 0 Å². The molecule has 2 fully saturated rings. The third kappa shape index (κ3) is 3.16. The van der Waals surface area contributed by atoms with Crippen LogP contribution in [-0.4, -0.2) is 39.4 Å². The lowest BCUT2D eigenvalue weighted by Crippen LogP contribution is -2.65. The van der Waals surface area contributed by atoms with Crippen LogP contribution in [0.25, 0.3) is 0 Å². The van der Waals surface area contributed by atoms with Gasteiger partial charge in [-0.1, -0.05) is 20.3 Å². The van der Waals surface area contributed by atoms with Gasteiger partial charge in [-0.3, -0.25) is 9.58 Å². The molecule has 1 aliphatic carbocycles. The topological polar surface area (TPSA) is 33.1 Å². The monoisotopic (exact) mass is 290 g/mol. The average molecular weight is 290 g/mol. The molecule has 3 atom stereocenters. The van der Waals surface area contributed by atoms with Gasteiger partial charge in [-0.05, 0) is 37.7 Å². The Morgan fingerprint density at radius 2 is 2.24 bits per heavy atom. The van der Waals surface area contributed by atoms with E-state index in [-0.39, 0.29) is 0 Å². The first-order valence-electron chi connectivity index (χ1n) is 8.49. The van der Waals surface area contributed by atoms with Gasteiger partial charge in [0, 0.05) is 44.5 Å². The van der Waals surface area contributed by atoms with Crippen molar-refractivity contribution in [3.8, 4) is 0 Å². The molecule has 1 aromatic rings. The number of aryl methyl sites for hydroxylation is 1. The fourth-order valence-electron chi connectivity index (χ4n) is 3.82. The van der Waals surface area contributed by atoms with Gasteiger partial charge in [0.1, 0.15) is 0 Å². The van der Waals surface area contributed by atoms with Crippen LogP contribution in [0.4, 0.5) is 0 Å². The number of aromatic nitrogens is 2. The molecule has 4 nitrogen and oxygen atoms in total. The molecule has 0 spiro atoms. The van der Waals surface area contributed by atoms with Crippen LogP contribution >= 0.6 is 0 Å². The van der Waals surface area contributed by atoms with Crippen LogP contribution in [0.5, 0.6) is 0 Å². The van der Waals surface area contributed by atoms with Crippen LogP contribution in [0, 0.1) is 11.8 Å². The molecular formula is C17H30N4. The third-order valence-corrected chi connectivity index (χ3v) is 5.63. The quantitative estimate of drug-likeness (QED) is 0.904. The number of piperazine rings is 1. The highest BCUT2D eigenvalue weighted by Crippen LogP contribution is 2.42. The van der Waals surface area contributed by atoms with E-state index in [1.54, 1.807) is 0 Å². The summed E-state index contributed by atoms with van der Waals surface area (Å²) in [4.78, 5) is 2.69. The zero-order valence-electron chi connectivity index (χ0n) is 14.0. The Morgan fingerprint density at radius 1 is 1.48 bits per heavy atom. The molecule has 21 heavy (non-hydrogen) atoms. The van der Waals surface area contributed by atoms with E-state index in [0.717, 1.165) is 31.5 Å². The number of nitrogens with zero attached hydrogens (tertiary/aromatic N) is 3. The molecule has 0 radical (unpaired) electrons. The first-order valence-corrected chi connectivity index (χ1v) is 8.49. The fourth-order valence-corrected chi connectivity index (χ4v) is 3.82. The Morgan fingerprint density at radius 3 is 2.81 bits per heavy atom. The van der Waals surface area contributed by atoms with Crippen molar-refractivity contribution in [2.45, 2.75) is 58.2 Å². The summed E-state index contributed by atoms with van der Waals surface area (Å²) < 4.78 is 1.91. The second-order valence-corrected chi connectivity index (χ2v) is 7.41. The van der Waals surface area contributed by atoms with Crippen LogP contribution in [0.1, 0.15) is 45.7 Å². The first-order chi connectivity index (χ1) is 10.0. The van der Waals surface area contributed by atoms with Crippen molar-refractivity contribution in [2.75, 3.05) is 13.1 Å². The van der Waals surface area contributed by atoms with Gasteiger partial charge in [-0.15, -0.1) is 0 Å². The largest absolute Gasteiger partial charge is 0.308 e. The maximum absolute atomic E-state index is 4.59. The van der Waals surface area contributed by atoms with Crippen LogP contribution in [-0.2, 0) is 13.6 Å². The molecule has 0 amide bonds. The molecular weight excluding hydrogens is 260 g/mol. The number of rotatable bonds is 5. The normalized spacial score (nSPS) is 32.3. The molecule has 3 unspecified atom stereocenters. The highest BCUT2D eigenvalue weighted by molar-refractivity contribution is 5.07. The van der Waals surface area contributed by atoms with E-state index in [2.05, 4.69) is 48.3 Å². The van der Waals surface area contributed by atoms with Crippen LogP contribution in [0.3, 0.4) is 0 Å². The summed E-state index contributed by atoms with van der Waals surface area (Å²) >= 11 is 0. The first kappa shape index (κ1) is 15.0. The van der Waals surface area contributed by atoms with E-state index in [1.165, 1.54) is 25.0 Å². The Hall–Kier alpha value is -0.870. The molecule has 1 saturated carbocycles. The lowest BCUT2D eigenvalue weighted by atomic mass is 9.86. The van der Waals surface area contributed by atoms with E-state index in [1.807, 2.05) is 11.7 Å². The van der Waals surface area contributed by atoms with Crippen molar-refractivity contribution < 1.29 is 0 Å². The summed E-state index contributed by atoms with van der Waals surface area (Å²) in [5, 5.41) is 8.46. The van der Waals surface area contributed by atoms with Crippen LogP contribution in [0.2, 0.25) is 0 Å². The Balaban J connectivity index is 1.75. The predicted molar refractivity (Wildman–Crippen MR) is 86.0 cm³/mol. The zero-order valence-corrected chi connectivity index (χ0v) is 14.0. The minimum absolute atomic E-state index is 0.304. The van der Waals surface area contributed by atoms with Gasteiger partial charge in [-0.25, -0.2) is 0 Å². The van der Waals surface area contributed by atoms with Gasteiger partial charge in [0.2, 0.25) is 0 Å². The van der Waals surface area contributed by atoms with Crippen molar-refractivity contribution in [3.05, 3.63) is 18.0 Å². The Kier molecular flexibility index (Phi) is 4.10. The maximum Gasteiger partial charge on any atom is 0.0764 e. The predicted octanol–water partition coefficient (Wildman–Crippen LogP) is 2.41. The lowest BCUT2D eigenvalue weighted by Gasteiger charge is -2.48. The molecule has 1 aromatic heterocycles. The highest BCUT2D eigenvalue weighted by atomic mass is 15.3. The van der Waals surface area contributed by atoms with Gasteiger partial charge in [0.25, 0.3) is 0 Å². The molecule has 3 rings (SSSR count). The van der Waals surface area contributed by atoms with Gasteiger partial charge < -0.3 is 5.32 Å². The van der Waals surface area contributed by atoms with E-state index in [4.69, 9.17) is 0 Å². The summed E-state index contributed by atoms with van der Waals surface area (Å²) in [7, 11) is 2.00. The number of hydrogen-bond acceptors (Lipinski definition) is 3. The molecule has 2 aliphatic rings. The maximum atomic E-state index is 4.59. The van der Waals surface area contributed by atoms with Gasteiger partial charge in [-0.2, -0.15) is 5.10 Å². The standard InChI is InChI=1S/C17H30N4/c1-5-13(2)16-10-18-17(3,14-6-7-14)12-21(16)11-15-8-9-20(4)19-15/h8-9,13-14,16,18H,5-7,10-12H2,1-4H3. The highest BCUT2D eigenvalue weighted by Gasteiger charge is 2.46. The van der Waals surface area contributed by atoms with E-state index in [0.29, 0.717) is 11.6 Å². The Labute approximate surface area is 128 Å². The van der Waals surface area contributed by atoms with E-state index < -0.39 is 0 Å². The molecule has 1 saturated heterocycles. The van der Waals surface area contributed by atoms with E-state index in [9.17, 15) is 0 Å². The molecule has 4 heteroatoms. The van der Waals surface area contributed by atoms with Gasteiger partial charge in [0.05, 0.1) is 5.69 Å². The summed E-state index contributed by atoms with van der Waals surface area (Å²) in [6, 6.07) is 2.79. The minimum Gasteiger partial charge on any atom is -0.308 e. The minimum atomic E-state index is 0.304. The average Bonchev–Trinajstić information content (AvgIpc) is 3.24. The van der Waals surface area contributed by atoms with Crippen LogP contribution < -0.4 is 5.32 Å². The summed E-state index contributed by atoms with van der Waals surface area (Å²) in [5.41, 5.74) is 1.50. The summed E-state index contributed by atoms with van der Waals surface area (Å²) in [6.07, 6.45) is 6.09. The van der Waals surface area contributed by atoms with Crippen LogP contribution in [0.15, 0.2) is 12.3 Å². The van der Waals surface area contributed by atoms with Crippen molar-refractivity contribution in [1.82, 2.24) is 20.0 Å². The molecule has 2 heterocycles. The number of hydrogen-bond donors (Lipinski definition) is 1. The SMILES string of the molecule is CCC(C)C1CNC(C)(C2CC2)CN1Cc1ccn(C)n1. The van der Waals surface area contributed by atoms with Gasteiger partial charge >= 0.3 is 0 Å².